The Labute approximate surface area is 153 Å². The first kappa shape index (κ1) is 15.4. The first-order chi connectivity index (χ1) is 12.3. The average Bonchev–Trinajstić information content (AvgIpc) is 3.31. The van der Waals surface area contributed by atoms with Crippen molar-refractivity contribution in [2.75, 3.05) is 31.6 Å². The molecule has 3 heteroatoms. The molecule has 0 amide bonds. The minimum Gasteiger partial charge on any atom is -0.372 e. The first-order valence-corrected chi connectivity index (χ1v) is 10.2. The molecule has 0 saturated carbocycles. The molecule has 1 atom stereocenters. The zero-order valence-electron chi connectivity index (χ0n) is 14.7. The Morgan fingerprint density at radius 2 is 1.88 bits per heavy atom. The van der Waals surface area contributed by atoms with E-state index in [0.717, 1.165) is 13.1 Å². The van der Waals surface area contributed by atoms with Crippen molar-refractivity contribution < 1.29 is 0 Å². The number of rotatable bonds is 2. The summed E-state index contributed by atoms with van der Waals surface area (Å²) < 4.78 is 1.40. The Balaban J connectivity index is 1.55. The van der Waals surface area contributed by atoms with Gasteiger partial charge in [0.05, 0.1) is 0 Å². The second-order valence-electron chi connectivity index (χ2n) is 7.54. The van der Waals surface area contributed by atoms with Gasteiger partial charge in [-0.1, -0.05) is 18.2 Å². The van der Waals surface area contributed by atoms with Gasteiger partial charge in [0.25, 0.3) is 0 Å². The summed E-state index contributed by atoms with van der Waals surface area (Å²) in [6, 6.07) is 16.4. The molecule has 1 fully saturated rings. The summed E-state index contributed by atoms with van der Waals surface area (Å²) in [5.41, 5.74) is 5.90. The lowest BCUT2D eigenvalue weighted by molar-refractivity contribution is 0.295. The Bertz CT molecular complexity index is 907. The highest BCUT2D eigenvalue weighted by Crippen LogP contribution is 2.37. The molecule has 5 rings (SSSR count). The van der Waals surface area contributed by atoms with Crippen molar-refractivity contribution in [2.24, 2.45) is 0 Å². The highest BCUT2D eigenvalue weighted by molar-refractivity contribution is 7.17. The van der Waals surface area contributed by atoms with Crippen LogP contribution in [0.2, 0.25) is 0 Å². The van der Waals surface area contributed by atoms with E-state index < -0.39 is 0 Å². The lowest BCUT2D eigenvalue weighted by atomic mass is 9.84. The van der Waals surface area contributed by atoms with Crippen LogP contribution in [0.1, 0.15) is 35.4 Å². The number of benzene rings is 2. The van der Waals surface area contributed by atoms with Crippen LogP contribution in [0.5, 0.6) is 0 Å². The van der Waals surface area contributed by atoms with Crippen LogP contribution in [0.15, 0.2) is 47.8 Å². The van der Waals surface area contributed by atoms with E-state index in [4.69, 9.17) is 0 Å². The van der Waals surface area contributed by atoms with Crippen molar-refractivity contribution in [3.05, 3.63) is 64.5 Å². The molecular formula is C22H24N2S. The molecule has 1 aromatic heterocycles. The molecule has 0 N–H and O–H groups in total. The van der Waals surface area contributed by atoms with Crippen LogP contribution in [0.3, 0.4) is 0 Å². The molecule has 3 aromatic rings. The standard InChI is InChI=1S/C22H24N2S/c1-23-14-18-12-19(24-9-2-3-10-24)6-7-20(18)21(15-23)17-5-4-16-8-11-25-22(16)13-17/h4-8,11-13,21H,2-3,9-10,14-15H2,1H3. The predicted octanol–water partition coefficient (Wildman–Crippen LogP) is 5.08. The van der Waals surface area contributed by atoms with Gasteiger partial charge < -0.3 is 9.80 Å². The van der Waals surface area contributed by atoms with Crippen LogP contribution in [0, 0.1) is 0 Å². The van der Waals surface area contributed by atoms with Gasteiger partial charge in [-0.05, 0) is 71.6 Å². The molecule has 0 spiro atoms. The molecule has 3 heterocycles. The van der Waals surface area contributed by atoms with E-state index in [2.05, 4.69) is 64.7 Å². The largest absolute Gasteiger partial charge is 0.372 e. The first-order valence-electron chi connectivity index (χ1n) is 9.31. The van der Waals surface area contributed by atoms with Gasteiger partial charge in [0.1, 0.15) is 0 Å². The molecule has 2 nitrogen and oxygen atoms in total. The van der Waals surface area contributed by atoms with Gasteiger partial charge in [-0.25, -0.2) is 0 Å². The van der Waals surface area contributed by atoms with E-state index in [-0.39, 0.29) is 0 Å². The highest BCUT2D eigenvalue weighted by Gasteiger charge is 2.26. The third-order valence-electron chi connectivity index (χ3n) is 5.79. The molecule has 25 heavy (non-hydrogen) atoms. The summed E-state index contributed by atoms with van der Waals surface area (Å²) in [6.45, 7) is 4.60. The maximum atomic E-state index is 2.54. The molecular weight excluding hydrogens is 324 g/mol. The minimum absolute atomic E-state index is 0.480. The lowest BCUT2D eigenvalue weighted by Crippen LogP contribution is -2.31. The SMILES string of the molecule is CN1Cc2cc(N3CCCC3)ccc2C(c2ccc3ccsc3c2)C1. The van der Waals surface area contributed by atoms with Gasteiger partial charge in [-0.2, -0.15) is 0 Å². The van der Waals surface area contributed by atoms with E-state index in [0.29, 0.717) is 5.92 Å². The number of likely N-dealkylation sites (N-methyl/N-ethyl adjacent to an activating group) is 1. The van der Waals surface area contributed by atoms with Crippen molar-refractivity contribution in [3.63, 3.8) is 0 Å². The Morgan fingerprint density at radius 3 is 2.76 bits per heavy atom. The van der Waals surface area contributed by atoms with Crippen LogP contribution >= 0.6 is 11.3 Å². The maximum absolute atomic E-state index is 2.54. The second kappa shape index (κ2) is 6.15. The fraction of sp³-hybridized carbons (Fsp3) is 0.364. The Kier molecular flexibility index (Phi) is 3.79. The van der Waals surface area contributed by atoms with Gasteiger partial charge in [0.2, 0.25) is 0 Å². The Morgan fingerprint density at radius 1 is 1.00 bits per heavy atom. The molecule has 2 aliphatic heterocycles. The van der Waals surface area contributed by atoms with Crippen LogP contribution < -0.4 is 4.90 Å². The summed E-state index contributed by atoms with van der Waals surface area (Å²) in [5, 5.41) is 3.56. The maximum Gasteiger partial charge on any atom is 0.0369 e. The van der Waals surface area contributed by atoms with E-state index in [1.165, 1.54) is 58.4 Å². The van der Waals surface area contributed by atoms with Crippen molar-refractivity contribution in [1.29, 1.82) is 0 Å². The lowest BCUT2D eigenvalue weighted by Gasteiger charge is -2.33. The van der Waals surface area contributed by atoms with Crippen molar-refractivity contribution >= 4 is 27.1 Å². The molecule has 0 aliphatic carbocycles. The average molecular weight is 349 g/mol. The number of fused-ring (bicyclic) bond motifs is 2. The van der Waals surface area contributed by atoms with E-state index in [1.807, 2.05) is 11.3 Å². The number of nitrogens with zero attached hydrogens (tertiary/aromatic N) is 2. The van der Waals surface area contributed by atoms with E-state index in [9.17, 15) is 0 Å². The quantitative estimate of drug-likeness (QED) is 0.637. The van der Waals surface area contributed by atoms with E-state index >= 15 is 0 Å². The number of anilines is 1. The second-order valence-corrected chi connectivity index (χ2v) is 8.49. The van der Waals surface area contributed by atoms with Crippen LogP contribution in [-0.2, 0) is 6.54 Å². The zero-order chi connectivity index (χ0) is 16.8. The minimum atomic E-state index is 0.480. The number of thiophene rings is 1. The fourth-order valence-electron chi connectivity index (χ4n) is 4.48. The summed E-state index contributed by atoms with van der Waals surface area (Å²) in [6.07, 6.45) is 2.67. The van der Waals surface area contributed by atoms with Gasteiger partial charge >= 0.3 is 0 Å². The summed E-state index contributed by atoms with van der Waals surface area (Å²) in [7, 11) is 2.25. The van der Waals surface area contributed by atoms with Crippen LogP contribution in [0.4, 0.5) is 5.69 Å². The summed E-state index contributed by atoms with van der Waals surface area (Å²) in [4.78, 5) is 5.01. The number of hydrogen-bond acceptors (Lipinski definition) is 3. The smallest absolute Gasteiger partial charge is 0.0369 e. The molecule has 0 radical (unpaired) electrons. The van der Waals surface area contributed by atoms with Gasteiger partial charge in [-0.3, -0.25) is 0 Å². The normalized spacial score (nSPS) is 21.0. The third kappa shape index (κ3) is 2.76. The van der Waals surface area contributed by atoms with Gasteiger partial charge in [0.15, 0.2) is 0 Å². The van der Waals surface area contributed by atoms with Crippen LogP contribution in [-0.4, -0.2) is 31.6 Å². The van der Waals surface area contributed by atoms with Gasteiger partial charge in [0, 0.05) is 42.5 Å². The highest BCUT2D eigenvalue weighted by atomic mass is 32.1. The predicted molar refractivity (Wildman–Crippen MR) is 108 cm³/mol. The van der Waals surface area contributed by atoms with Gasteiger partial charge in [-0.15, -0.1) is 11.3 Å². The third-order valence-corrected chi connectivity index (χ3v) is 6.67. The topological polar surface area (TPSA) is 6.48 Å². The number of hydrogen-bond donors (Lipinski definition) is 0. The van der Waals surface area contributed by atoms with E-state index in [1.54, 1.807) is 0 Å². The Hall–Kier alpha value is -1.84. The summed E-state index contributed by atoms with van der Waals surface area (Å²) >= 11 is 1.85. The summed E-state index contributed by atoms with van der Waals surface area (Å²) in [5.74, 6) is 0.480. The molecule has 0 bridgehead atoms. The molecule has 128 valence electrons. The molecule has 2 aromatic carbocycles. The van der Waals surface area contributed by atoms with Crippen molar-refractivity contribution in [1.82, 2.24) is 4.90 Å². The van der Waals surface area contributed by atoms with Crippen LogP contribution in [0.25, 0.3) is 10.1 Å². The molecule has 2 aliphatic rings. The van der Waals surface area contributed by atoms with Crippen molar-refractivity contribution in [2.45, 2.75) is 25.3 Å². The zero-order valence-corrected chi connectivity index (χ0v) is 15.6. The molecule has 1 saturated heterocycles. The van der Waals surface area contributed by atoms with Crippen molar-refractivity contribution in [3.8, 4) is 0 Å². The fourth-order valence-corrected chi connectivity index (χ4v) is 5.32. The molecule has 1 unspecified atom stereocenters. The monoisotopic (exact) mass is 348 g/mol.